The van der Waals surface area contributed by atoms with E-state index >= 15 is 0 Å². The number of alkyl halides is 2. The van der Waals surface area contributed by atoms with Gasteiger partial charge in [-0.05, 0) is 37.1 Å². The molecule has 0 saturated heterocycles. The highest BCUT2D eigenvalue weighted by atomic mass is 19.3. The Morgan fingerprint density at radius 2 is 2.00 bits per heavy atom. The summed E-state index contributed by atoms with van der Waals surface area (Å²) in [5.74, 6) is -0.0473. The maximum Gasteiger partial charge on any atom is 0.387 e. The third-order valence-electron chi connectivity index (χ3n) is 3.52. The Morgan fingerprint density at radius 3 is 2.42 bits per heavy atom. The van der Waals surface area contributed by atoms with Crippen molar-refractivity contribution < 1.29 is 18.3 Å². The monoisotopic (exact) mass is 270 g/mol. The highest BCUT2D eigenvalue weighted by Gasteiger charge is 2.42. The van der Waals surface area contributed by atoms with Crippen LogP contribution >= 0.6 is 0 Å². The SMILES string of the molecule is NCC1(C(=O)Nc2ccc(OC(F)F)cc2)CCC1. The third kappa shape index (κ3) is 3.01. The summed E-state index contributed by atoms with van der Waals surface area (Å²) in [4.78, 5) is 12.1. The molecule has 0 aromatic heterocycles. The van der Waals surface area contributed by atoms with E-state index < -0.39 is 12.0 Å². The summed E-state index contributed by atoms with van der Waals surface area (Å²) in [6.45, 7) is -2.53. The first kappa shape index (κ1) is 13.7. The van der Waals surface area contributed by atoms with Gasteiger partial charge in [0.2, 0.25) is 5.91 Å². The number of hydrogen-bond acceptors (Lipinski definition) is 3. The van der Waals surface area contributed by atoms with Crippen molar-refractivity contribution in [1.29, 1.82) is 0 Å². The third-order valence-corrected chi connectivity index (χ3v) is 3.52. The maximum absolute atomic E-state index is 12.1. The molecule has 0 bridgehead atoms. The molecule has 1 fully saturated rings. The first-order valence-corrected chi connectivity index (χ1v) is 6.12. The standard InChI is InChI=1S/C13H16F2N2O2/c14-12(15)19-10-4-2-9(3-5-10)17-11(18)13(8-16)6-1-7-13/h2-5,12H,1,6-8,16H2,(H,17,18). The Kier molecular flexibility index (Phi) is 3.99. The minimum absolute atomic E-state index is 0.0604. The Hall–Kier alpha value is -1.69. The van der Waals surface area contributed by atoms with Crippen LogP contribution in [0.2, 0.25) is 0 Å². The van der Waals surface area contributed by atoms with Gasteiger partial charge in [-0.3, -0.25) is 4.79 Å². The van der Waals surface area contributed by atoms with Crippen LogP contribution < -0.4 is 15.8 Å². The van der Waals surface area contributed by atoms with Gasteiger partial charge in [0, 0.05) is 12.2 Å². The van der Waals surface area contributed by atoms with E-state index in [1.54, 1.807) is 0 Å². The number of carbonyl (C=O) groups excluding carboxylic acids is 1. The number of halogens is 2. The zero-order valence-electron chi connectivity index (χ0n) is 10.4. The second-order valence-electron chi connectivity index (χ2n) is 4.70. The largest absolute Gasteiger partial charge is 0.435 e. The van der Waals surface area contributed by atoms with Crippen molar-refractivity contribution in [1.82, 2.24) is 0 Å². The van der Waals surface area contributed by atoms with Crippen molar-refractivity contribution >= 4 is 11.6 Å². The number of amides is 1. The van der Waals surface area contributed by atoms with Crippen LogP contribution in [0.25, 0.3) is 0 Å². The molecule has 1 aromatic carbocycles. The van der Waals surface area contributed by atoms with Crippen LogP contribution in [0.1, 0.15) is 19.3 Å². The Bertz CT molecular complexity index is 439. The number of nitrogens with two attached hydrogens (primary N) is 1. The topological polar surface area (TPSA) is 64.4 Å². The lowest BCUT2D eigenvalue weighted by Gasteiger charge is -2.39. The van der Waals surface area contributed by atoms with Gasteiger partial charge in [-0.1, -0.05) is 6.42 Å². The maximum atomic E-state index is 12.1. The van der Waals surface area contributed by atoms with E-state index in [0.717, 1.165) is 19.3 Å². The zero-order chi connectivity index (χ0) is 13.9. The molecule has 2 rings (SSSR count). The lowest BCUT2D eigenvalue weighted by atomic mass is 9.68. The molecule has 0 radical (unpaired) electrons. The lowest BCUT2D eigenvalue weighted by Crippen LogP contribution is -2.47. The molecule has 1 aliphatic carbocycles. The van der Waals surface area contributed by atoms with E-state index in [1.807, 2.05) is 0 Å². The summed E-state index contributed by atoms with van der Waals surface area (Å²) in [7, 11) is 0. The quantitative estimate of drug-likeness (QED) is 0.863. The van der Waals surface area contributed by atoms with Crippen LogP contribution in [0.15, 0.2) is 24.3 Å². The smallest absolute Gasteiger partial charge is 0.387 e. The molecule has 4 nitrogen and oxygen atoms in total. The fourth-order valence-corrected chi connectivity index (χ4v) is 2.11. The molecule has 19 heavy (non-hydrogen) atoms. The minimum atomic E-state index is -2.85. The van der Waals surface area contributed by atoms with E-state index in [1.165, 1.54) is 24.3 Å². The van der Waals surface area contributed by atoms with Gasteiger partial charge in [-0.25, -0.2) is 0 Å². The van der Waals surface area contributed by atoms with Crippen molar-refractivity contribution in [3.8, 4) is 5.75 Å². The lowest BCUT2D eigenvalue weighted by molar-refractivity contribution is -0.129. The molecule has 1 aliphatic rings. The molecule has 0 spiro atoms. The second-order valence-corrected chi connectivity index (χ2v) is 4.70. The predicted molar refractivity (Wildman–Crippen MR) is 67.0 cm³/mol. The molecule has 1 aromatic rings. The van der Waals surface area contributed by atoms with Crippen LogP contribution in [-0.2, 0) is 4.79 Å². The molecule has 104 valence electrons. The van der Waals surface area contributed by atoms with Gasteiger partial charge in [0.05, 0.1) is 5.41 Å². The minimum Gasteiger partial charge on any atom is -0.435 e. The van der Waals surface area contributed by atoms with Crippen LogP contribution in [-0.4, -0.2) is 19.1 Å². The number of ether oxygens (including phenoxy) is 1. The van der Waals surface area contributed by atoms with Gasteiger partial charge in [0.15, 0.2) is 0 Å². The van der Waals surface area contributed by atoms with Gasteiger partial charge in [0.25, 0.3) is 0 Å². The molecule has 3 N–H and O–H groups in total. The van der Waals surface area contributed by atoms with Crippen LogP contribution in [0, 0.1) is 5.41 Å². The molecule has 0 aliphatic heterocycles. The predicted octanol–water partition coefficient (Wildman–Crippen LogP) is 2.36. The van der Waals surface area contributed by atoms with E-state index in [9.17, 15) is 13.6 Å². The second kappa shape index (κ2) is 5.52. The summed E-state index contributed by atoms with van der Waals surface area (Å²) in [5, 5.41) is 2.75. The van der Waals surface area contributed by atoms with Crippen LogP contribution in [0.3, 0.4) is 0 Å². The van der Waals surface area contributed by atoms with Crippen molar-refractivity contribution in [2.75, 3.05) is 11.9 Å². The summed E-state index contributed by atoms with van der Waals surface area (Å²) in [5.41, 5.74) is 5.73. The average Bonchev–Trinajstić information content (AvgIpc) is 2.30. The molecule has 1 saturated carbocycles. The van der Waals surface area contributed by atoms with Crippen LogP contribution in [0.5, 0.6) is 5.75 Å². The molecule has 0 heterocycles. The van der Waals surface area contributed by atoms with Gasteiger partial charge >= 0.3 is 6.61 Å². The van der Waals surface area contributed by atoms with Gasteiger partial charge in [-0.15, -0.1) is 0 Å². The zero-order valence-corrected chi connectivity index (χ0v) is 10.4. The normalized spacial score (nSPS) is 16.8. The van der Waals surface area contributed by atoms with Crippen LogP contribution in [0.4, 0.5) is 14.5 Å². The number of anilines is 1. The fraction of sp³-hybridized carbons (Fsp3) is 0.462. The first-order valence-electron chi connectivity index (χ1n) is 6.12. The van der Waals surface area contributed by atoms with E-state index in [2.05, 4.69) is 10.1 Å². The molecule has 0 unspecified atom stereocenters. The summed E-state index contributed by atoms with van der Waals surface area (Å²) in [6.07, 6.45) is 2.59. The van der Waals surface area contributed by atoms with Crippen molar-refractivity contribution in [3.05, 3.63) is 24.3 Å². The van der Waals surface area contributed by atoms with Gasteiger partial charge in [0.1, 0.15) is 5.75 Å². The van der Waals surface area contributed by atoms with E-state index in [0.29, 0.717) is 12.2 Å². The summed E-state index contributed by atoms with van der Waals surface area (Å²) in [6, 6.07) is 5.83. The average molecular weight is 270 g/mol. The highest BCUT2D eigenvalue weighted by Crippen LogP contribution is 2.40. The van der Waals surface area contributed by atoms with E-state index in [-0.39, 0.29) is 11.7 Å². The Labute approximate surface area is 109 Å². The summed E-state index contributed by atoms with van der Waals surface area (Å²) >= 11 is 0. The number of benzene rings is 1. The van der Waals surface area contributed by atoms with Crippen molar-refractivity contribution in [2.24, 2.45) is 11.1 Å². The molecular formula is C13H16F2N2O2. The van der Waals surface area contributed by atoms with Crippen molar-refractivity contribution in [3.63, 3.8) is 0 Å². The molecule has 1 amide bonds. The highest BCUT2D eigenvalue weighted by molar-refractivity contribution is 5.96. The number of nitrogens with one attached hydrogen (secondary N) is 1. The number of rotatable bonds is 5. The number of hydrogen-bond donors (Lipinski definition) is 2. The molecule has 6 heteroatoms. The fourth-order valence-electron chi connectivity index (χ4n) is 2.11. The number of carbonyl (C=O) groups is 1. The Balaban J connectivity index is 1.97. The molecule has 0 atom stereocenters. The van der Waals surface area contributed by atoms with Crippen molar-refractivity contribution in [2.45, 2.75) is 25.9 Å². The van der Waals surface area contributed by atoms with Gasteiger partial charge in [-0.2, -0.15) is 8.78 Å². The Morgan fingerprint density at radius 1 is 1.37 bits per heavy atom. The van der Waals surface area contributed by atoms with E-state index in [4.69, 9.17) is 5.73 Å². The first-order chi connectivity index (χ1) is 9.05. The molecular weight excluding hydrogens is 254 g/mol. The summed E-state index contributed by atoms with van der Waals surface area (Å²) < 4.78 is 28.2. The van der Waals surface area contributed by atoms with Gasteiger partial charge < -0.3 is 15.8 Å².